The van der Waals surface area contributed by atoms with Crippen LogP contribution in [0.1, 0.15) is 18.4 Å². The molecule has 1 fully saturated rings. The van der Waals surface area contributed by atoms with Gasteiger partial charge < -0.3 is 14.8 Å². The van der Waals surface area contributed by atoms with Crippen molar-refractivity contribution in [3.05, 3.63) is 72.2 Å². The number of piperidine rings is 1. The normalized spacial score (nSPS) is 16.8. The Labute approximate surface area is 175 Å². The van der Waals surface area contributed by atoms with Gasteiger partial charge in [0.2, 0.25) is 11.8 Å². The van der Waals surface area contributed by atoms with Gasteiger partial charge in [-0.25, -0.2) is 4.39 Å². The monoisotopic (exact) mass is 407 g/mol. The number of likely N-dealkylation sites (tertiary alicyclic amines) is 1. The number of para-hydroxylation sites is 1. The van der Waals surface area contributed by atoms with E-state index in [1.807, 2.05) is 24.4 Å². The van der Waals surface area contributed by atoms with Crippen molar-refractivity contribution in [1.82, 2.24) is 14.8 Å². The second-order valence-electron chi connectivity index (χ2n) is 7.81. The summed E-state index contributed by atoms with van der Waals surface area (Å²) in [4.78, 5) is 26.6. The van der Waals surface area contributed by atoms with Crippen molar-refractivity contribution in [2.45, 2.75) is 25.8 Å². The molecule has 30 heavy (non-hydrogen) atoms. The average Bonchev–Trinajstić information content (AvgIpc) is 3.16. The Kier molecular flexibility index (Phi) is 6.12. The quantitative estimate of drug-likeness (QED) is 0.653. The number of hydrogen-bond acceptors (Lipinski definition) is 2. The number of nitrogens with one attached hydrogen (secondary N) is 1. The summed E-state index contributed by atoms with van der Waals surface area (Å²) in [6, 6.07) is 16.7. The van der Waals surface area contributed by atoms with Crippen LogP contribution < -0.4 is 5.32 Å². The lowest BCUT2D eigenvalue weighted by molar-refractivity contribution is -0.138. The topological polar surface area (TPSA) is 54.3 Å². The summed E-state index contributed by atoms with van der Waals surface area (Å²) in [6.07, 6.45) is 3.57. The lowest BCUT2D eigenvalue weighted by atomic mass is 9.96. The minimum Gasteiger partial charge on any atom is -0.354 e. The van der Waals surface area contributed by atoms with E-state index in [4.69, 9.17) is 0 Å². The maximum atomic E-state index is 13.3. The minimum atomic E-state index is -0.273. The molecule has 156 valence electrons. The van der Waals surface area contributed by atoms with Crippen LogP contribution in [0.4, 0.5) is 4.39 Å². The summed E-state index contributed by atoms with van der Waals surface area (Å²) in [5.74, 6) is -0.411. The number of carbonyl (C=O) groups is 2. The molecule has 0 saturated carbocycles. The van der Waals surface area contributed by atoms with E-state index in [0.29, 0.717) is 45.4 Å². The van der Waals surface area contributed by atoms with Crippen LogP contribution in [0.15, 0.2) is 60.8 Å². The molecule has 5 nitrogen and oxygen atoms in total. The van der Waals surface area contributed by atoms with E-state index in [9.17, 15) is 14.0 Å². The van der Waals surface area contributed by atoms with Crippen LogP contribution in [0.5, 0.6) is 0 Å². The highest BCUT2D eigenvalue weighted by molar-refractivity contribution is 5.84. The Balaban J connectivity index is 1.27. The van der Waals surface area contributed by atoms with E-state index in [2.05, 4.69) is 28.1 Å². The second kappa shape index (κ2) is 9.11. The van der Waals surface area contributed by atoms with Gasteiger partial charge in [0.15, 0.2) is 0 Å². The van der Waals surface area contributed by atoms with Crippen molar-refractivity contribution >= 4 is 22.7 Å². The molecule has 1 unspecified atom stereocenters. The third kappa shape index (κ3) is 4.70. The Morgan fingerprint density at radius 3 is 2.83 bits per heavy atom. The third-order valence-electron chi connectivity index (χ3n) is 5.76. The summed E-state index contributed by atoms with van der Waals surface area (Å²) < 4.78 is 15.5. The highest BCUT2D eigenvalue weighted by Crippen LogP contribution is 2.19. The van der Waals surface area contributed by atoms with E-state index in [1.54, 1.807) is 11.0 Å². The van der Waals surface area contributed by atoms with Crippen LogP contribution >= 0.6 is 0 Å². The maximum absolute atomic E-state index is 13.3. The summed E-state index contributed by atoms with van der Waals surface area (Å²) in [7, 11) is 0. The van der Waals surface area contributed by atoms with Gasteiger partial charge in [0.25, 0.3) is 0 Å². The van der Waals surface area contributed by atoms with E-state index in [-0.39, 0.29) is 23.5 Å². The van der Waals surface area contributed by atoms with Crippen LogP contribution in [0.3, 0.4) is 0 Å². The standard InChI is InChI=1S/C24H26FN3O2/c25-21-6-3-4-18(16-21)10-13-28-17-20(8-9-23(28)29)24(30)26-12-15-27-14-11-19-5-1-2-7-22(19)27/h1-7,11,14,16,20H,8-10,12-13,15,17H2,(H,26,30). The Morgan fingerprint density at radius 1 is 1.10 bits per heavy atom. The van der Waals surface area contributed by atoms with E-state index < -0.39 is 0 Å². The SMILES string of the molecule is O=C(NCCn1ccc2ccccc21)C1CCC(=O)N(CCc2cccc(F)c2)C1. The van der Waals surface area contributed by atoms with Gasteiger partial charge in [-0.3, -0.25) is 9.59 Å². The van der Waals surface area contributed by atoms with Crippen molar-refractivity contribution < 1.29 is 14.0 Å². The minimum absolute atomic E-state index is 0.00489. The van der Waals surface area contributed by atoms with Gasteiger partial charge >= 0.3 is 0 Å². The molecule has 1 saturated heterocycles. The summed E-state index contributed by atoms with van der Waals surface area (Å²) in [5, 5.41) is 4.21. The first kappa shape index (κ1) is 20.1. The number of hydrogen-bond donors (Lipinski definition) is 1. The predicted molar refractivity (Wildman–Crippen MR) is 114 cm³/mol. The van der Waals surface area contributed by atoms with Gasteiger partial charge in [-0.2, -0.15) is 0 Å². The fourth-order valence-corrected chi connectivity index (χ4v) is 4.08. The zero-order valence-electron chi connectivity index (χ0n) is 16.9. The number of nitrogens with zero attached hydrogens (tertiary/aromatic N) is 2. The average molecular weight is 407 g/mol. The molecule has 0 bridgehead atoms. The number of aromatic nitrogens is 1. The fraction of sp³-hybridized carbons (Fsp3) is 0.333. The van der Waals surface area contributed by atoms with E-state index in [1.165, 1.54) is 17.5 Å². The maximum Gasteiger partial charge on any atom is 0.224 e. The van der Waals surface area contributed by atoms with Crippen molar-refractivity contribution in [1.29, 1.82) is 0 Å². The molecule has 0 spiro atoms. The predicted octanol–water partition coefficient (Wildman–Crippen LogP) is 3.38. The number of rotatable bonds is 7. The third-order valence-corrected chi connectivity index (χ3v) is 5.76. The van der Waals surface area contributed by atoms with Gasteiger partial charge in [0.1, 0.15) is 5.82 Å². The number of halogens is 1. The Bertz CT molecular complexity index is 1050. The van der Waals surface area contributed by atoms with Crippen LogP contribution in [0, 0.1) is 11.7 Å². The van der Waals surface area contributed by atoms with Gasteiger partial charge in [0.05, 0.1) is 5.92 Å². The van der Waals surface area contributed by atoms with Crippen molar-refractivity contribution in [2.75, 3.05) is 19.6 Å². The molecule has 2 heterocycles. The molecule has 3 aromatic rings. The van der Waals surface area contributed by atoms with Crippen LogP contribution in [0.2, 0.25) is 0 Å². The zero-order chi connectivity index (χ0) is 20.9. The van der Waals surface area contributed by atoms with Gasteiger partial charge in [-0.1, -0.05) is 30.3 Å². The largest absolute Gasteiger partial charge is 0.354 e. The van der Waals surface area contributed by atoms with Crippen LogP contribution in [0.25, 0.3) is 10.9 Å². The van der Waals surface area contributed by atoms with Crippen molar-refractivity contribution in [3.8, 4) is 0 Å². The number of amides is 2. The smallest absolute Gasteiger partial charge is 0.224 e. The Morgan fingerprint density at radius 2 is 1.97 bits per heavy atom. The highest BCUT2D eigenvalue weighted by Gasteiger charge is 2.29. The van der Waals surface area contributed by atoms with E-state index >= 15 is 0 Å². The highest BCUT2D eigenvalue weighted by atomic mass is 19.1. The number of benzene rings is 2. The lowest BCUT2D eigenvalue weighted by Crippen LogP contribution is -2.46. The molecule has 4 rings (SSSR count). The summed E-state index contributed by atoms with van der Waals surface area (Å²) in [6.45, 7) is 2.17. The summed E-state index contributed by atoms with van der Waals surface area (Å²) in [5.41, 5.74) is 2.01. The van der Waals surface area contributed by atoms with Crippen LogP contribution in [-0.4, -0.2) is 40.9 Å². The summed E-state index contributed by atoms with van der Waals surface area (Å²) >= 11 is 0. The van der Waals surface area contributed by atoms with Gasteiger partial charge in [-0.05, 0) is 48.1 Å². The van der Waals surface area contributed by atoms with Crippen molar-refractivity contribution in [3.63, 3.8) is 0 Å². The van der Waals surface area contributed by atoms with E-state index in [0.717, 1.165) is 11.1 Å². The first-order chi connectivity index (χ1) is 14.6. The molecule has 6 heteroatoms. The molecule has 2 aromatic carbocycles. The molecule has 1 N–H and O–H groups in total. The zero-order valence-corrected chi connectivity index (χ0v) is 16.9. The molecule has 1 atom stereocenters. The molecule has 0 radical (unpaired) electrons. The lowest BCUT2D eigenvalue weighted by Gasteiger charge is -2.32. The number of carbonyl (C=O) groups excluding carboxylic acids is 2. The molecule has 1 aromatic heterocycles. The molecule has 2 amide bonds. The second-order valence-corrected chi connectivity index (χ2v) is 7.81. The number of fused-ring (bicyclic) bond motifs is 1. The van der Waals surface area contributed by atoms with Crippen LogP contribution in [-0.2, 0) is 22.6 Å². The molecular formula is C24H26FN3O2. The van der Waals surface area contributed by atoms with Crippen molar-refractivity contribution in [2.24, 2.45) is 5.92 Å². The molecule has 0 aliphatic carbocycles. The van der Waals surface area contributed by atoms with Gasteiger partial charge in [-0.15, -0.1) is 0 Å². The first-order valence-electron chi connectivity index (χ1n) is 10.4. The van der Waals surface area contributed by atoms with Gasteiger partial charge in [0, 0.05) is 44.3 Å². The molecule has 1 aliphatic rings. The molecular weight excluding hydrogens is 381 g/mol. The Hall–Kier alpha value is -3.15. The first-order valence-corrected chi connectivity index (χ1v) is 10.4. The molecule has 1 aliphatic heterocycles. The fourth-order valence-electron chi connectivity index (χ4n) is 4.08.